The van der Waals surface area contributed by atoms with E-state index in [1.807, 2.05) is 48.6 Å². The van der Waals surface area contributed by atoms with Crippen LogP contribution in [0.2, 0.25) is 0 Å². The quantitative estimate of drug-likeness (QED) is 0.144. The SMILES string of the molecule is C1=C=CC(c2nc(-c3ccccc3)nc(-c3cccc(-c4cccc(-n5c6ccc(-c7ccccc7)cc6c6cc(-c7ccccc7)cc(-c7ccccc7)c65)c4)c3)n2)=CC=1. The van der Waals surface area contributed by atoms with E-state index in [9.17, 15) is 0 Å². The summed E-state index contributed by atoms with van der Waals surface area (Å²) in [4.78, 5) is 14.9. The molecule has 8 aromatic carbocycles. The Morgan fingerprint density at radius 3 is 1.59 bits per heavy atom. The first-order chi connectivity index (χ1) is 30.2. The van der Waals surface area contributed by atoms with Crippen molar-refractivity contribution in [3.63, 3.8) is 0 Å². The summed E-state index contributed by atoms with van der Waals surface area (Å²) in [6.07, 6.45) is 5.65. The largest absolute Gasteiger partial charge is 0.309 e. The normalized spacial score (nSPS) is 12.0. The predicted octanol–water partition coefficient (Wildman–Crippen LogP) is 14.2. The molecule has 0 saturated heterocycles. The minimum absolute atomic E-state index is 0.591. The van der Waals surface area contributed by atoms with Gasteiger partial charge in [-0.2, -0.15) is 0 Å². The number of hydrogen-bond donors (Lipinski definition) is 0. The highest BCUT2D eigenvalue weighted by Gasteiger charge is 2.20. The van der Waals surface area contributed by atoms with Crippen LogP contribution >= 0.6 is 0 Å². The van der Waals surface area contributed by atoms with Crippen LogP contribution in [0, 0.1) is 0 Å². The van der Waals surface area contributed by atoms with Gasteiger partial charge in [-0.25, -0.2) is 15.0 Å². The Labute approximate surface area is 354 Å². The van der Waals surface area contributed by atoms with Gasteiger partial charge in [-0.15, -0.1) is 0 Å². The average molecular weight is 777 g/mol. The van der Waals surface area contributed by atoms with E-state index in [2.05, 4.69) is 186 Å². The van der Waals surface area contributed by atoms with Gasteiger partial charge < -0.3 is 4.57 Å². The predicted molar refractivity (Wildman–Crippen MR) is 251 cm³/mol. The van der Waals surface area contributed by atoms with Crippen LogP contribution in [-0.4, -0.2) is 19.5 Å². The Bertz CT molecular complexity index is 3410. The molecule has 0 unspecified atom stereocenters. The molecule has 0 bridgehead atoms. The van der Waals surface area contributed by atoms with E-state index in [1.165, 1.54) is 49.7 Å². The molecule has 284 valence electrons. The summed E-state index contributed by atoms with van der Waals surface area (Å²) in [6, 6.07) is 71.1. The molecule has 0 amide bonds. The lowest BCUT2D eigenvalue weighted by atomic mass is 9.95. The van der Waals surface area contributed by atoms with Crippen molar-refractivity contribution in [2.45, 2.75) is 0 Å². The number of rotatable bonds is 8. The lowest BCUT2D eigenvalue weighted by Gasteiger charge is -2.15. The molecule has 0 radical (unpaired) electrons. The smallest absolute Gasteiger partial charge is 0.164 e. The fourth-order valence-corrected chi connectivity index (χ4v) is 8.36. The molecule has 11 rings (SSSR count). The minimum atomic E-state index is 0.591. The highest BCUT2D eigenvalue weighted by atomic mass is 15.0. The van der Waals surface area contributed by atoms with Gasteiger partial charge in [0.1, 0.15) is 0 Å². The Morgan fingerprint density at radius 2 is 0.902 bits per heavy atom. The fraction of sp³-hybridized carbons (Fsp3) is 0. The van der Waals surface area contributed by atoms with Crippen LogP contribution in [0.15, 0.2) is 230 Å². The molecule has 0 spiro atoms. The molecule has 4 heteroatoms. The standard InChI is InChI=1S/C57H36N4/c1-6-18-39(19-7-1)46-32-33-53-51(36-46)52-38-48(40-20-8-2-9-21-40)37-50(41-22-10-3-11-23-41)54(52)61(53)49-31-17-29-45(35-49)44-28-16-30-47(34-44)57-59-55(42-24-12-4-13-25-42)58-56(60-57)43-26-14-5-15-27-43/h1-4,6-14,16-38H. The summed E-state index contributed by atoms with van der Waals surface area (Å²) >= 11 is 0. The van der Waals surface area contributed by atoms with Crippen LogP contribution < -0.4 is 0 Å². The Hall–Kier alpha value is -8.39. The van der Waals surface area contributed by atoms with Crippen molar-refractivity contribution in [1.29, 1.82) is 0 Å². The van der Waals surface area contributed by atoms with E-state index in [-0.39, 0.29) is 0 Å². The molecule has 0 saturated carbocycles. The third-order valence-corrected chi connectivity index (χ3v) is 11.3. The summed E-state index contributed by atoms with van der Waals surface area (Å²) in [7, 11) is 0. The maximum Gasteiger partial charge on any atom is 0.164 e. The van der Waals surface area contributed by atoms with Gasteiger partial charge in [-0.3, -0.25) is 0 Å². The topological polar surface area (TPSA) is 43.6 Å². The van der Waals surface area contributed by atoms with Crippen molar-refractivity contribution in [2.24, 2.45) is 0 Å². The highest BCUT2D eigenvalue weighted by molar-refractivity contribution is 6.16. The zero-order valence-corrected chi connectivity index (χ0v) is 33.1. The third-order valence-electron chi connectivity index (χ3n) is 11.3. The molecule has 2 aromatic heterocycles. The van der Waals surface area contributed by atoms with E-state index in [0.717, 1.165) is 39.0 Å². The number of benzene rings is 8. The van der Waals surface area contributed by atoms with Gasteiger partial charge in [0.2, 0.25) is 0 Å². The third kappa shape index (κ3) is 6.81. The lowest BCUT2D eigenvalue weighted by molar-refractivity contribution is 1.04. The average Bonchev–Trinajstić information content (AvgIpc) is 3.68. The second kappa shape index (κ2) is 15.4. The molecule has 1 aliphatic rings. The molecule has 61 heavy (non-hydrogen) atoms. The van der Waals surface area contributed by atoms with E-state index >= 15 is 0 Å². The fourth-order valence-electron chi connectivity index (χ4n) is 8.36. The van der Waals surface area contributed by atoms with Crippen LogP contribution in [0.25, 0.3) is 100 Å². The van der Waals surface area contributed by atoms with E-state index in [1.54, 1.807) is 0 Å². The summed E-state index contributed by atoms with van der Waals surface area (Å²) < 4.78 is 2.45. The van der Waals surface area contributed by atoms with E-state index in [0.29, 0.717) is 17.5 Å². The first-order valence-electron chi connectivity index (χ1n) is 20.4. The second-order valence-electron chi connectivity index (χ2n) is 15.1. The van der Waals surface area contributed by atoms with Gasteiger partial charge in [0.05, 0.1) is 11.0 Å². The van der Waals surface area contributed by atoms with Crippen LogP contribution in [0.3, 0.4) is 0 Å². The highest BCUT2D eigenvalue weighted by Crippen LogP contribution is 2.43. The van der Waals surface area contributed by atoms with Gasteiger partial charge in [0, 0.05) is 38.7 Å². The van der Waals surface area contributed by atoms with Crippen LogP contribution in [0.1, 0.15) is 5.82 Å². The first kappa shape index (κ1) is 35.7. The van der Waals surface area contributed by atoms with Gasteiger partial charge >= 0.3 is 0 Å². The molecule has 0 aliphatic heterocycles. The summed E-state index contributed by atoms with van der Waals surface area (Å²) in [6.45, 7) is 0. The molecule has 2 heterocycles. The van der Waals surface area contributed by atoms with Gasteiger partial charge in [0.15, 0.2) is 17.5 Å². The van der Waals surface area contributed by atoms with Gasteiger partial charge in [0.25, 0.3) is 0 Å². The summed E-state index contributed by atoms with van der Waals surface area (Å²) in [5, 5.41) is 2.40. The Kier molecular flexibility index (Phi) is 9.03. The van der Waals surface area contributed by atoms with Gasteiger partial charge in [-0.05, 0) is 99.6 Å². The Balaban J connectivity index is 1.10. The molecule has 1 aliphatic carbocycles. The van der Waals surface area contributed by atoms with E-state index in [4.69, 9.17) is 15.0 Å². The van der Waals surface area contributed by atoms with Gasteiger partial charge in [-0.1, -0.05) is 169 Å². The maximum atomic E-state index is 5.01. The van der Waals surface area contributed by atoms with Crippen LogP contribution in [0.5, 0.6) is 0 Å². The number of fused-ring (bicyclic) bond motifs is 3. The zero-order chi connectivity index (χ0) is 40.5. The van der Waals surface area contributed by atoms with Crippen LogP contribution in [0.4, 0.5) is 0 Å². The number of nitrogens with zero attached hydrogens (tertiary/aromatic N) is 4. The van der Waals surface area contributed by atoms with Crippen molar-refractivity contribution in [3.05, 3.63) is 236 Å². The molecule has 0 N–H and O–H groups in total. The molecule has 4 nitrogen and oxygen atoms in total. The summed E-state index contributed by atoms with van der Waals surface area (Å²) in [5.74, 6) is 1.81. The van der Waals surface area contributed by atoms with E-state index < -0.39 is 0 Å². The zero-order valence-electron chi connectivity index (χ0n) is 33.1. The van der Waals surface area contributed by atoms with Crippen LogP contribution in [-0.2, 0) is 0 Å². The first-order valence-corrected chi connectivity index (χ1v) is 20.4. The van der Waals surface area contributed by atoms with Crippen molar-refractivity contribution in [1.82, 2.24) is 19.5 Å². The minimum Gasteiger partial charge on any atom is -0.309 e. The second-order valence-corrected chi connectivity index (χ2v) is 15.1. The Morgan fingerprint density at radius 1 is 0.361 bits per heavy atom. The number of aromatic nitrogens is 4. The number of hydrogen-bond acceptors (Lipinski definition) is 3. The van der Waals surface area contributed by atoms with Crippen molar-refractivity contribution in [3.8, 4) is 73.0 Å². The molecular weight excluding hydrogens is 741 g/mol. The number of allylic oxidation sites excluding steroid dienone is 4. The maximum absolute atomic E-state index is 5.01. The molecular formula is C57H36N4. The summed E-state index contributed by atoms with van der Waals surface area (Å²) in [5.41, 5.74) is 21.3. The molecule has 0 fully saturated rings. The monoisotopic (exact) mass is 776 g/mol. The molecule has 10 aromatic rings. The van der Waals surface area contributed by atoms with Crippen molar-refractivity contribution < 1.29 is 0 Å². The van der Waals surface area contributed by atoms with Crippen molar-refractivity contribution >= 4 is 27.4 Å². The molecule has 0 atom stereocenters. The van der Waals surface area contributed by atoms with Crippen molar-refractivity contribution in [2.75, 3.05) is 0 Å². The lowest BCUT2D eigenvalue weighted by Crippen LogP contribution is -2.02.